The molecule has 0 saturated heterocycles. The molecule has 1 aliphatic rings. The van der Waals surface area contributed by atoms with Crippen molar-refractivity contribution in [1.29, 1.82) is 0 Å². The molecule has 1 N–H and O–H groups in total. The topological polar surface area (TPSA) is 55.4 Å². The zero-order valence-corrected chi connectivity index (χ0v) is 11.7. The van der Waals surface area contributed by atoms with E-state index in [-0.39, 0.29) is 11.7 Å². The van der Waals surface area contributed by atoms with Crippen LogP contribution >= 0.6 is 0 Å². The highest BCUT2D eigenvalue weighted by molar-refractivity contribution is 6.11. The first-order valence-electron chi connectivity index (χ1n) is 6.82. The molecule has 106 valence electrons. The molecule has 1 amide bonds. The Bertz CT molecular complexity index is 722. The zero-order valence-electron chi connectivity index (χ0n) is 11.7. The van der Waals surface area contributed by atoms with Crippen molar-refractivity contribution in [3.8, 4) is 5.75 Å². The molecule has 0 atom stereocenters. The Labute approximate surface area is 122 Å². The van der Waals surface area contributed by atoms with E-state index in [0.717, 1.165) is 5.56 Å². The van der Waals surface area contributed by atoms with Crippen LogP contribution in [0.4, 0.5) is 0 Å². The summed E-state index contributed by atoms with van der Waals surface area (Å²) in [5, 5.41) is 2.74. The smallest absolute Gasteiger partial charge is 0.255 e. The molecule has 4 heteroatoms. The number of benzene rings is 2. The largest absolute Gasteiger partial charge is 0.491 e. The number of aryl methyl sites for hydroxylation is 1. The number of nitrogens with one attached hydrogen (secondary N) is 1. The van der Waals surface area contributed by atoms with Gasteiger partial charge in [-0.1, -0.05) is 24.3 Å². The predicted octanol–water partition coefficient (Wildman–Crippen LogP) is 2.35. The number of amides is 1. The first kappa shape index (κ1) is 13.4. The van der Waals surface area contributed by atoms with Gasteiger partial charge < -0.3 is 10.1 Å². The van der Waals surface area contributed by atoms with Crippen LogP contribution in [-0.2, 0) is 0 Å². The molecule has 4 nitrogen and oxygen atoms in total. The molecule has 1 heterocycles. The molecule has 0 saturated carbocycles. The lowest BCUT2D eigenvalue weighted by Gasteiger charge is -2.09. The van der Waals surface area contributed by atoms with E-state index in [1.54, 1.807) is 24.3 Å². The van der Waals surface area contributed by atoms with Crippen molar-refractivity contribution in [3.05, 3.63) is 64.7 Å². The zero-order chi connectivity index (χ0) is 14.8. The Morgan fingerprint density at radius 3 is 2.81 bits per heavy atom. The van der Waals surface area contributed by atoms with Gasteiger partial charge >= 0.3 is 0 Å². The van der Waals surface area contributed by atoms with E-state index in [4.69, 9.17) is 4.74 Å². The molecular weight excluding hydrogens is 266 g/mol. The molecule has 21 heavy (non-hydrogen) atoms. The first-order chi connectivity index (χ1) is 10.2. The lowest BCUT2D eigenvalue weighted by Crippen LogP contribution is -2.24. The van der Waals surface area contributed by atoms with Crippen LogP contribution in [0.15, 0.2) is 42.5 Å². The van der Waals surface area contributed by atoms with Crippen LogP contribution in [0.3, 0.4) is 0 Å². The molecule has 0 fully saturated rings. The van der Waals surface area contributed by atoms with E-state index in [0.29, 0.717) is 35.6 Å². The van der Waals surface area contributed by atoms with Gasteiger partial charge in [0, 0.05) is 11.1 Å². The monoisotopic (exact) mass is 281 g/mol. The second-order valence-electron chi connectivity index (χ2n) is 4.96. The van der Waals surface area contributed by atoms with Gasteiger partial charge in [-0.05, 0) is 30.7 Å². The Balaban J connectivity index is 2.02. The Hall–Kier alpha value is -2.62. The predicted molar refractivity (Wildman–Crippen MR) is 78.9 cm³/mol. The van der Waals surface area contributed by atoms with Gasteiger partial charge in [-0.3, -0.25) is 9.59 Å². The summed E-state index contributed by atoms with van der Waals surface area (Å²) in [7, 11) is 0. The average Bonchev–Trinajstić information content (AvgIpc) is 2.69. The number of carbonyl (C=O) groups excluding carboxylic acids is 2. The second kappa shape index (κ2) is 5.40. The Morgan fingerprint density at radius 2 is 2.00 bits per heavy atom. The Morgan fingerprint density at radius 1 is 1.19 bits per heavy atom. The molecule has 1 aliphatic heterocycles. The molecule has 0 bridgehead atoms. The van der Waals surface area contributed by atoms with Crippen molar-refractivity contribution >= 4 is 11.7 Å². The SMILES string of the molecule is Cc1ccccc1C(=O)c1ccc2c(c1)C(=O)NCCO2. The van der Waals surface area contributed by atoms with Gasteiger partial charge in [0.25, 0.3) is 5.91 Å². The first-order valence-corrected chi connectivity index (χ1v) is 6.82. The van der Waals surface area contributed by atoms with Crippen molar-refractivity contribution in [2.75, 3.05) is 13.2 Å². The van der Waals surface area contributed by atoms with Gasteiger partial charge in [-0.15, -0.1) is 0 Å². The molecule has 0 aromatic heterocycles. The van der Waals surface area contributed by atoms with E-state index in [2.05, 4.69) is 5.32 Å². The van der Waals surface area contributed by atoms with Crippen molar-refractivity contribution in [2.24, 2.45) is 0 Å². The summed E-state index contributed by atoms with van der Waals surface area (Å²) in [5.41, 5.74) is 2.46. The summed E-state index contributed by atoms with van der Waals surface area (Å²) in [6.45, 7) is 2.80. The quantitative estimate of drug-likeness (QED) is 0.860. The lowest BCUT2D eigenvalue weighted by molar-refractivity contribution is 0.0957. The molecule has 0 unspecified atom stereocenters. The minimum atomic E-state index is -0.207. The second-order valence-corrected chi connectivity index (χ2v) is 4.96. The van der Waals surface area contributed by atoms with Crippen LogP contribution in [0.25, 0.3) is 0 Å². The Kier molecular flexibility index (Phi) is 3.44. The highest BCUT2D eigenvalue weighted by Crippen LogP contribution is 2.23. The maximum absolute atomic E-state index is 12.6. The molecule has 0 spiro atoms. The molecule has 0 aliphatic carbocycles. The van der Waals surface area contributed by atoms with Crippen LogP contribution in [0.2, 0.25) is 0 Å². The number of rotatable bonds is 2. The number of carbonyl (C=O) groups is 2. The minimum absolute atomic E-state index is 0.0899. The van der Waals surface area contributed by atoms with Gasteiger partial charge in [0.2, 0.25) is 0 Å². The summed E-state index contributed by atoms with van der Waals surface area (Å²) in [6, 6.07) is 12.4. The molecule has 2 aromatic rings. The fourth-order valence-corrected chi connectivity index (χ4v) is 2.38. The third-order valence-electron chi connectivity index (χ3n) is 3.52. The number of hydrogen-bond acceptors (Lipinski definition) is 3. The standard InChI is InChI=1S/C17H15NO3/c1-11-4-2-3-5-13(11)16(19)12-6-7-15-14(10-12)17(20)18-8-9-21-15/h2-7,10H,8-9H2,1H3,(H,18,20). The molecule has 2 aromatic carbocycles. The average molecular weight is 281 g/mol. The van der Waals surface area contributed by atoms with E-state index in [1.807, 2.05) is 25.1 Å². The van der Waals surface area contributed by atoms with Crippen LogP contribution < -0.4 is 10.1 Å². The fourth-order valence-electron chi connectivity index (χ4n) is 2.38. The maximum atomic E-state index is 12.6. The van der Waals surface area contributed by atoms with E-state index < -0.39 is 0 Å². The van der Waals surface area contributed by atoms with E-state index in [1.165, 1.54) is 0 Å². The molecule has 0 radical (unpaired) electrons. The van der Waals surface area contributed by atoms with Gasteiger partial charge in [0.15, 0.2) is 5.78 Å². The van der Waals surface area contributed by atoms with Gasteiger partial charge in [0.05, 0.1) is 12.1 Å². The lowest BCUT2D eigenvalue weighted by atomic mass is 9.97. The van der Waals surface area contributed by atoms with Crippen LogP contribution in [0.5, 0.6) is 5.75 Å². The molecular formula is C17H15NO3. The third-order valence-corrected chi connectivity index (χ3v) is 3.52. The van der Waals surface area contributed by atoms with Crippen LogP contribution in [0, 0.1) is 6.92 Å². The molecule has 3 rings (SSSR count). The van der Waals surface area contributed by atoms with Crippen molar-refractivity contribution < 1.29 is 14.3 Å². The summed E-state index contributed by atoms with van der Waals surface area (Å²) in [4.78, 5) is 24.6. The summed E-state index contributed by atoms with van der Waals surface area (Å²) < 4.78 is 5.49. The van der Waals surface area contributed by atoms with Crippen molar-refractivity contribution in [1.82, 2.24) is 5.32 Å². The van der Waals surface area contributed by atoms with Gasteiger partial charge in [0.1, 0.15) is 12.4 Å². The normalized spacial score (nSPS) is 13.7. The summed E-state index contributed by atoms with van der Waals surface area (Å²) >= 11 is 0. The highest BCUT2D eigenvalue weighted by atomic mass is 16.5. The third kappa shape index (κ3) is 2.52. The van der Waals surface area contributed by atoms with Crippen molar-refractivity contribution in [2.45, 2.75) is 6.92 Å². The van der Waals surface area contributed by atoms with Gasteiger partial charge in [-0.2, -0.15) is 0 Å². The highest BCUT2D eigenvalue weighted by Gasteiger charge is 2.19. The number of ketones is 1. The summed E-state index contributed by atoms with van der Waals surface area (Å²) in [6.07, 6.45) is 0. The minimum Gasteiger partial charge on any atom is -0.491 e. The van der Waals surface area contributed by atoms with Crippen LogP contribution in [0.1, 0.15) is 31.8 Å². The van der Waals surface area contributed by atoms with E-state index in [9.17, 15) is 9.59 Å². The number of ether oxygens (including phenoxy) is 1. The van der Waals surface area contributed by atoms with E-state index >= 15 is 0 Å². The summed E-state index contributed by atoms with van der Waals surface area (Å²) in [5.74, 6) is 0.223. The van der Waals surface area contributed by atoms with Crippen LogP contribution in [-0.4, -0.2) is 24.8 Å². The number of fused-ring (bicyclic) bond motifs is 1. The number of hydrogen-bond donors (Lipinski definition) is 1. The van der Waals surface area contributed by atoms with Crippen molar-refractivity contribution in [3.63, 3.8) is 0 Å². The fraction of sp³-hybridized carbons (Fsp3) is 0.176. The van der Waals surface area contributed by atoms with Gasteiger partial charge in [-0.25, -0.2) is 0 Å². The maximum Gasteiger partial charge on any atom is 0.255 e.